The molecule has 0 aromatic carbocycles. The molecule has 0 spiro atoms. The van der Waals surface area contributed by atoms with Crippen LogP contribution in [0, 0.1) is 17.2 Å². The van der Waals surface area contributed by atoms with Crippen LogP contribution in [0.5, 0.6) is 0 Å². The number of nitrogens with zero attached hydrogens (tertiary/aromatic N) is 2. The molecule has 1 rings (SSSR count). The van der Waals surface area contributed by atoms with Crippen LogP contribution >= 0.6 is 11.8 Å². The molecular formula is C13H22N2OS. The number of piperidine rings is 1. The van der Waals surface area contributed by atoms with Gasteiger partial charge in [-0.05, 0) is 31.4 Å². The van der Waals surface area contributed by atoms with E-state index in [9.17, 15) is 4.79 Å². The normalized spacial score (nSPS) is 19.1. The first-order valence-electron chi connectivity index (χ1n) is 6.27. The summed E-state index contributed by atoms with van der Waals surface area (Å²) in [6.07, 6.45) is 5.20. The van der Waals surface area contributed by atoms with Crippen LogP contribution in [0.4, 0.5) is 0 Å². The lowest BCUT2D eigenvalue weighted by atomic mass is 9.96. The predicted molar refractivity (Wildman–Crippen MR) is 71.7 cm³/mol. The summed E-state index contributed by atoms with van der Waals surface area (Å²) in [4.78, 5) is 13.9. The molecule has 17 heavy (non-hydrogen) atoms. The predicted octanol–water partition coefficient (Wildman–Crippen LogP) is 2.67. The lowest BCUT2D eigenvalue weighted by Gasteiger charge is -2.36. The smallest absolute Gasteiger partial charge is 0.222 e. The Bertz CT molecular complexity index is 301. The molecule has 0 radical (unpaired) electrons. The molecule has 0 unspecified atom stereocenters. The number of rotatable bonds is 4. The zero-order valence-corrected chi connectivity index (χ0v) is 11.8. The van der Waals surface area contributed by atoms with Gasteiger partial charge >= 0.3 is 0 Å². The van der Waals surface area contributed by atoms with Crippen LogP contribution < -0.4 is 0 Å². The Morgan fingerprint density at radius 2 is 2.06 bits per heavy atom. The second-order valence-electron chi connectivity index (χ2n) is 5.12. The fourth-order valence-electron chi connectivity index (χ4n) is 2.05. The van der Waals surface area contributed by atoms with Gasteiger partial charge in [-0.3, -0.25) is 4.79 Å². The van der Waals surface area contributed by atoms with Gasteiger partial charge in [0.15, 0.2) is 0 Å². The largest absolute Gasteiger partial charge is 0.343 e. The van der Waals surface area contributed by atoms with Gasteiger partial charge in [-0.2, -0.15) is 5.26 Å². The van der Waals surface area contributed by atoms with Crippen LogP contribution in [0.25, 0.3) is 0 Å². The van der Waals surface area contributed by atoms with Crippen LogP contribution in [0.1, 0.15) is 39.5 Å². The van der Waals surface area contributed by atoms with Gasteiger partial charge in [0.25, 0.3) is 0 Å². The molecule has 96 valence electrons. The Kier molecular flexibility index (Phi) is 5.32. The van der Waals surface area contributed by atoms with E-state index in [1.165, 1.54) is 0 Å². The van der Waals surface area contributed by atoms with Crippen LogP contribution in [0.2, 0.25) is 0 Å². The van der Waals surface area contributed by atoms with Crippen molar-refractivity contribution in [2.45, 2.75) is 44.3 Å². The van der Waals surface area contributed by atoms with Gasteiger partial charge < -0.3 is 4.90 Å². The third-order valence-corrected chi connectivity index (χ3v) is 4.73. The second kappa shape index (κ2) is 6.30. The molecule has 4 heteroatoms. The maximum atomic E-state index is 11.9. The Balaban J connectivity index is 2.41. The number of hydrogen-bond acceptors (Lipinski definition) is 3. The number of hydrogen-bond donors (Lipinski definition) is 0. The van der Waals surface area contributed by atoms with E-state index in [4.69, 9.17) is 5.26 Å². The summed E-state index contributed by atoms with van der Waals surface area (Å²) in [5, 5.41) is 9.17. The van der Waals surface area contributed by atoms with Crippen LogP contribution in [-0.2, 0) is 4.79 Å². The highest BCUT2D eigenvalue weighted by Gasteiger charge is 2.35. The number of thioether (sulfide) groups is 1. The molecule has 1 aliphatic heterocycles. The molecule has 0 saturated carbocycles. The molecule has 1 amide bonds. The molecule has 1 heterocycles. The first kappa shape index (κ1) is 14.4. The Labute approximate surface area is 109 Å². The molecule has 0 N–H and O–H groups in total. The summed E-state index contributed by atoms with van der Waals surface area (Å²) in [7, 11) is 0. The zero-order chi connectivity index (χ0) is 12.9. The molecule has 0 bridgehead atoms. The average molecular weight is 254 g/mol. The minimum atomic E-state index is -0.255. The molecule has 1 fully saturated rings. The summed E-state index contributed by atoms with van der Waals surface area (Å²) in [6.45, 7) is 5.76. The third-order valence-electron chi connectivity index (χ3n) is 3.45. The molecule has 0 aromatic heterocycles. The molecule has 3 nitrogen and oxygen atoms in total. The highest BCUT2D eigenvalue weighted by Crippen LogP contribution is 2.33. The summed E-state index contributed by atoms with van der Waals surface area (Å²) < 4.78 is -0.255. The SMILES string of the molecule is CSC1(C#N)CCN(C(=O)CCC(C)C)CC1. The van der Waals surface area contributed by atoms with Gasteiger partial charge in [0.05, 0.1) is 6.07 Å². The summed E-state index contributed by atoms with van der Waals surface area (Å²) in [5.74, 6) is 0.833. The average Bonchev–Trinajstić information content (AvgIpc) is 2.36. The van der Waals surface area contributed by atoms with Crippen molar-refractivity contribution in [2.24, 2.45) is 5.92 Å². The lowest BCUT2D eigenvalue weighted by Crippen LogP contribution is -2.44. The van der Waals surface area contributed by atoms with Gasteiger partial charge in [0.2, 0.25) is 5.91 Å². The van der Waals surface area contributed by atoms with Crippen molar-refractivity contribution in [3.05, 3.63) is 0 Å². The fraction of sp³-hybridized carbons (Fsp3) is 0.846. The molecule has 0 aliphatic carbocycles. The van der Waals surface area contributed by atoms with E-state index in [1.807, 2.05) is 11.2 Å². The lowest BCUT2D eigenvalue weighted by molar-refractivity contribution is -0.132. The molecule has 1 aliphatic rings. The monoisotopic (exact) mass is 254 g/mol. The molecule has 1 saturated heterocycles. The maximum absolute atomic E-state index is 11.9. The van der Waals surface area contributed by atoms with Gasteiger partial charge in [-0.15, -0.1) is 11.8 Å². The Morgan fingerprint density at radius 3 is 2.47 bits per heavy atom. The van der Waals surface area contributed by atoms with E-state index in [-0.39, 0.29) is 10.7 Å². The molecule has 0 atom stereocenters. The number of carbonyl (C=O) groups is 1. The molecular weight excluding hydrogens is 232 g/mol. The highest BCUT2D eigenvalue weighted by atomic mass is 32.2. The van der Waals surface area contributed by atoms with Crippen LogP contribution in [-0.4, -0.2) is 34.9 Å². The zero-order valence-electron chi connectivity index (χ0n) is 11.0. The van der Waals surface area contributed by atoms with Gasteiger partial charge in [-0.1, -0.05) is 13.8 Å². The quantitative estimate of drug-likeness (QED) is 0.774. The van der Waals surface area contributed by atoms with Crippen molar-refractivity contribution in [3.63, 3.8) is 0 Å². The second-order valence-corrected chi connectivity index (χ2v) is 6.31. The van der Waals surface area contributed by atoms with E-state index in [2.05, 4.69) is 19.9 Å². The summed E-state index contributed by atoms with van der Waals surface area (Å²) >= 11 is 1.63. The van der Waals surface area contributed by atoms with Crippen molar-refractivity contribution in [3.8, 4) is 6.07 Å². The Morgan fingerprint density at radius 1 is 1.47 bits per heavy atom. The standard InChI is InChI=1S/C13H22N2OS/c1-11(2)4-5-12(16)15-8-6-13(10-14,17-3)7-9-15/h11H,4-9H2,1-3H3. The van der Waals surface area contributed by atoms with E-state index in [1.54, 1.807) is 11.8 Å². The number of likely N-dealkylation sites (tertiary alicyclic amines) is 1. The highest BCUT2D eigenvalue weighted by molar-refractivity contribution is 8.00. The van der Waals surface area contributed by atoms with Crippen molar-refractivity contribution < 1.29 is 4.79 Å². The fourth-order valence-corrected chi connectivity index (χ4v) is 2.73. The van der Waals surface area contributed by atoms with Crippen molar-refractivity contribution >= 4 is 17.7 Å². The maximum Gasteiger partial charge on any atom is 0.222 e. The molecule has 0 aromatic rings. The first-order chi connectivity index (χ1) is 8.03. The number of amides is 1. The number of carbonyl (C=O) groups excluding carboxylic acids is 1. The van der Waals surface area contributed by atoms with E-state index in [0.717, 1.165) is 32.4 Å². The topological polar surface area (TPSA) is 44.1 Å². The van der Waals surface area contributed by atoms with E-state index < -0.39 is 0 Å². The van der Waals surface area contributed by atoms with Crippen molar-refractivity contribution in [1.82, 2.24) is 4.90 Å². The van der Waals surface area contributed by atoms with Gasteiger partial charge in [0, 0.05) is 19.5 Å². The third kappa shape index (κ3) is 3.92. The minimum Gasteiger partial charge on any atom is -0.343 e. The minimum absolute atomic E-state index is 0.255. The van der Waals surface area contributed by atoms with Crippen LogP contribution in [0.3, 0.4) is 0 Å². The van der Waals surface area contributed by atoms with Gasteiger partial charge in [-0.25, -0.2) is 0 Å². The van der Waals surface area contributed by atoms with Crippen LogP contribution in [0.15, 0.2) is 0 Å². The van der Waals surface area contributed by atoms with Crippen molar-refractivity contribution in [1.29, 1.82) is 5.26 Å². The van der Waals surface area contributed by atoms with Crippen molar-refractivity contribution in [2.75, 3.05) is 19.3 Å². The first-order valence-corrected chi connectivity index (χ1v) is 7.49. The van der Waals surface area contributed by atoms with E-state index in [0.29, 0.717) is 12.3 Å². The summed E-state index contributed by atoms with van der Waals surface area (Å²) in [6, 6.07) is 2.40. The number of nitriles is 1. The van der Waals surface area contributed by atoms with Gasteiger partial charge in [0.1, 0.15) is 4.75 Å². The summed E-state index contributed by atoms with van der Waals surface area (Å²) in [5.41, 5.74) is 0. The Hall–Kier alpha value is -0.690. The van der Waals surface area contributed by atoms with E-state index >= 15 is 0 Å².